The predicted octanol–water partition coefficient (Wildman–Crippen LogP) is 0.956. The van der Waals surface area contributed by atoms with Crippen molar-refractivity contribution < 1.29 is 17.6 Å². The van der Waals surface area contributed by atoms with Gasteiger partial charge < -0.3 is 4.90 Å². The number of hydrogen-bond donors (Lipinski definition) is 0. The molecule has 1 atom stereocenters. The third kappa shape index (κ3) is 3.74. The Labute approximate surface area is 157 Å². The molecule has 1 unspecified atom stereocenters. The Hall–Kier alpha value is -2.26. The smallest absolute Gasteiger partial charge is 0.272 e. The number of nitrogens with zero attached hydrogens (tertiary/aromatic N) is 4. The zero-order chi connectivity index (χ0) is 19.0. The highest BCUT2D eigenvalue weighted by Crippen LogP contribution is 2.20. The molecule has 144 valence electrons. The Bertz CT molecular complexity index is 934. The largest absolute Gasteiger partial charge is 0.335 e. The van der Waals surface area contributed by atoms with Crippen molar-refractivity contribution in [2.75, 3.05) is 37.7 Å². The highest BCUT2D eigenvalue weighted by Gasteiger charge is 2.34. The number of benzene rings is 1. The van der Waals surface area contributed by atoms with E-state index < -0.39 is 9.84 Å². The van der Waals surface area contributed by atoms with Crippen molar-refractivity contribution in [2.45, 2.75) is 12.5 Å². The first-order valence-corrected chi connectivity index (χ1v) is 10.8. The van der Waals surface area contributed by atoms with Gasteiger partial charge in [0.25, 0.3) is 5.91 Å². The molecule has 27 heavy (non-hydrogen) atoms. The topological polar surface area (TPSA) is 75.5 Å². The average Bonchev–Trinajstić information content (AvgIpc) is 3.28. The molecule has 2 fully saturated rings. The van der Waals surface area contributed by atoms with E-state index >= 15 is 0 Å². The minimum atomic E-state index is -2.91. The summed E-state index contributed by atoms with van der Waals surface area (Å²) >= 11 is 0. The molecular formula is C18H21FN4O3S. The Morgan fingerprint density at radius 2 is 1.81 bits per heavy atom. The number of amides is 1. The van der Waals surface area contributed by atoms with E-state index in [4.69, 9.17) is 0 Å². The molecule has 0 spiro atoms. The molecule has 3 heterocycles. The molecule has 1 aromatic carbocycles. The summed E-state index contributed by atoms with van der Waals surface area (Å²) in [5.74, 6) is 0.0127. The lowest BCUT2D eigenvalue weighted by Crippen LogP contribution is -2.52. The Morgan fingerprint density at radius 3 is 2.44 bits per heavy atom. The quantitative estimate of drug-likeness (QED) is 0.778. The van der Waals surface area contributed by atoms with Crippen LogP contribution in [0.1, 0.15) is 16.9 Å². The molecule has 2 saturated heterocycles. The van der Waals surface area contributed by atoms with Crippen molar-refractivity contribution in [1.29, 1.82) is 0 Å². The number of carbonyl (C=O) groups excluding carboxylic acids is 1. The van der Waals surface area contributed by atoms with E-state index in [1.54, 1.807) is 27.9 Å². The lowest BCUT2D eigenvalue weighted by atomic mass is 10.2. The first kappa shape index (κ1) is 18.1. The van der Waals surface area contributed by atoms with Gasteiger partial charge in [-0.1, -0.05) is 0 Å². The molecule has 0 bridgehead atoms. The Morgan fingerprint density at radius 1 is 1.11 bits per heavy atom. The number of sulfone groups is 1. The molecule has 1 aromatic heterocycles. The van der Waals surface area contributed by atoms with Crippen molar-refractivity contribution in [3.8, 4) is 5.69 Å². The van der Waals surface area contributed by atoms with Crippen LogP contribution in [0.3, 0.4) is 0 Å². The molecule has 1 amide bonds. The number of imidazole rings is 1. The fourth-order valence-electron chi connectivity index (χ4n) is 3.78. The van der Waals surface area contributed by atoms with Crippen LogP contribution in [0.15, 0.2) is 36.8 Å². The Kier molecular flexibility index (Phi) is 4.73. The molecule has 2 aliphatic heterocycles. The van der Waals surface area contributed by atoms with Crippen LogP contribution in [0.4, 0.5) is 4.39 Å². The highest BCUT2D eigenvalue weighted by molar-refractivity contribution is 7.91. The van der Waals surface area contributed by atoms with Crippen molar-refractivity contribution in [3.05, 3.63) is 48.3 Å². The van der Waals surface area contributed by atoms with Crippen LogP contribution >= 0.6 is 0 Å². The molecule has 0 N–H and O–H groups in total. The van der Waals surface area contributed by atoms with Gasteiger partial charge in [0.05, 0.1) is 24.0 Å². The van der Waals surface area contributed by atoms with Gasteiger partial charge in [0, 0.05) is 37.9 Å². The highest BCUT2D eigenvalue weighted by atomic mass is 32.2. The number of hydrogen-bond acceptors (Lipinski definition) is 5. The SMILES string of the molecule is O=C(c1cncn1-c1ccc(F)cc1)N1CCN(C2CCS(=O)(=O)C2)CC1. The van der Waals surface area contributed by atoms with Gasteiger partial charge in [-0.05, 0) is 30.7 Å². The van der Waals surface area contributed by atoms with Gasteiger partial charge in [0.2, 0.25) is 0 Å². The van der Waals surface area contributed by atoms with Gasteiger partial charge in [-0.2, -0.15) is 0 Å². The van der Waals surface area contributed by atoms with Gasteiger partial charge in [-0.15, -0.1) is 0 Å². The van der Waals surface area contributed by atoms with Crippen LogP contribution in [-0.2, 0) is 9.84 Å². The number of rotatable bonds is 3. The molecule has 0 radical (unpaired) electrons. The maximum absolute atomic E-state index is 13.1. The first-order valence-electron chi connectivity index (χ1n) is 8.95. The summed E-state index contributed by atoms with van der Waals surface area (Å²) < 4.78 is 38.2. The van der Waals surface area contributed by atoms with Crippen molar-refractivity contribution >= 4 is 15.7 Å². The Balaban J connectivity index is 1.43. The first-order chi connectivity index (χ1) is 12.9. The summed E-state index contributed by atoms with van der Waals surface area (Å²) in [4.78, 5) is 20.9. The second kappa shape index (κ2) is 7.05. The predicted molar refractivity (Wildman–Crippen MR) is 98.1 cm³/mol. The molecule has 4 rings (SSSR count). The third-order valence-electron chi connectivity index (χ3n) is 5.29. The summed E-state index contributed by atoms with van der Waals surface area (Å²) in [5, 5.41) is 0. The molecule has 2 aliphatic rings. The minimum Gasteiger partial charge on any atom is -0.335 e. The van der Waals surface area contributed by atoms with Crippen LogP contribution in [0.5, 0.6) is 0 Å². The molecule has 0 aliphatic carbocycles. The van der Waals surface area contributed by atoms with Crippen LogP contribution < -0.4 is 0 Å². The number of carbonyl (C=O) groups is 1. The molecule has 2 aromatic rings. The van der Waals surface area contributed by atoms with Gasteiger partial charge in [-0.25, -0.2) is 17.8 Å². The zero-order valence-electron chi connectivity index (χ0n) is 14.8. The lowest BCUT2D eigenvalue weighted by molar-refractivity contribution is 0.0580. The van der Waals surface area contributed by atoms with Gasteiger partial charge >= 0.3 is 0 Å². The van der Waals surface area contributed by atoms with Crippen LogP contribution in [0.25, 0.3) is 5.69 Å². The van der Waals surface area contributed by atoms with Crippen molar-refractivity contribution in [3.63, 3.8) is 0 Å². The summed E-state index contributed by atoms with van der Waals surface area (Å²) in [5.41, 5.74) is 1.10. The zero-order valence-corrected chi connectivity index (χ0v) is 15.6. The van der Waals surface area contributed by atoms with E-state index in [2.05, 4.69) is 9.88 Å². The minimum absolute atomic E-state index is 0.0667. The maximum Gasteiger partial charge on any atom is 0.272 e. The number of aromatic nitrogens is 2. The second-order valence-corrected chi connectivity index (χ2v) is 9.24. The summed E-state index contributed by atoms with van der Waals surface area (Å²) in [7, 11) is -2.91. The van der Waals surface area contributed by atoms with Crippen LogP contribution in [0, 0.1) is 5.82 Å². The monoisotopic (exact) mass is 392 g/mol. The fourth-order valence-corrected chi connectivity index (χ4v) is 5.54. The maximum atomic E-state index is 13.1. The van der Waals surface area contributed by atoms with Gasteiger partial charge in [0.15, 0.2) is 9.84 Å². The van der Waals surface area contributed by atoms with E-state index in [-0.39, 0.29) is 29.3 Å². The van der Waals surface area contributed by atoms with Crippen molar-refractivity contribution in [2.24, 2.45) is 0 Å². The fraction of sp³-hybridized carbons (Fsp3) is 0.444. The van der Waals surface area contributed by atoms with E-state index in [0.717, 1.165) is 0 Å². The number of halogens is 1. The van der Waals surface area contributed by atoms with Gasteiger partial charge in [-0.3, -0.25) is 14.3 Å². The lowest BCUT2D eigenvalue weighted by Gasteiger charge is -2.37. The summed E-state index contributed by atoms with van der Waals surface area (Å²) in [6, 6.07) is 5.96. The normalized spacial score (nSPS) is 22.9. The van der Waals surface area contributed by atoms with Crippen molar-refractivity contribution in [1.82, 2.24) is 19.4 Å². The third-order valence-corrected chi connectivity index (χ3v) is 7.04. The summed E-state index contributed by atoms with van der Waals surface area (Å²) in [6.07, 6.45) is 3.73. The number of piperazine rings is 1. The van der Waals surface area contributed by atoms with E-state index in [0.29, 0.717) is 44.0 Å². The second-order valence-electron chi connectivity index (χ2n) is 7.01. The van der Waals surface area contributed by atoms with E-state index in [9.17, 15) is 17.6 Å². The van der Waals surface area contributed by atoms with E-state index in [1.807, 2.05) is 0 Å². The van der Waals surface area contributed by atoms with E-state index in [1.165, 1.54) is 18.3 Å². The van der Waals surface area contributed by atoms with Gasteiger partial charge in [0.1, 0.15) is 11.5 Å². The molecular weight excluding hydrogens is 371 g/mol. The molecule has 9 heteroatoms. The molecule has 0 saturated carbocycles. The summed E-state index contributed by atoms with van der Waals surface area (Å²) in [6.45, 7) is 2.42. The standard InChI is InChI=1S/C18H21FN4O3S/c19-14-1-3-15(4-2-14)23-13-20-11-17(23)18(24)22-8-6-21(7-9-22)16-5-10-27(25,26)12-16/h1-4,11,13,16H,5-10,12H2. The molecule has 7 nitrogen and oxygen atoms in total. The van der Waals surface area contributed by atoms with Crippen LogP contribution in [0.2, 0.25) is 0 Å². The van der Waals surface area contributed by atoms with Crippen LogP contribution in [-0.4, -0.2) is 77.4 Å². The average molecular weight is 392 g/mol.